The van der Waals surface area contributed by atoms with Gasteiger partial charge in [-0.15, -0.1) is 0 Å². The van der Waals surface area contributed by atoms with E-state index in [4.69, 9.17) is 21.1 Å². The van der Waals surface area contributed by atoms with Crippen molar-refractivity contribution in [2.75, 3.05) is 13.1 Å². The number of nitrogens with one attached hydrogen (secondary N) is 1. The van der Waals surface area contributed by atoms with E-state index in [0.29, 0.717) is 10.6 Å². The fourth-order valence-electron chi connectivity index (χ4n) is 2.60. The summed E-state index contributed by atoms with van der Waals surface area (Å²) in [5, 5.41) is 12.0. The molecule has 0 aliphatic carbocycles. The van der Waals surface area contributed by atoms with Crippen molar-refractivity contribution in [3.63, 3.8) is 0 Å². The Balaban J connectivity index is 1.97. The average molecular weight is 349 g/mol. The minimum Gasteiger partial charge on any atom is -0.475 e. The molecule has 1 atom stereocenters. The Labute approximate surface area is 141 Å². The molecule has 1 aliphatic rings. The summed E-state index contributed by atoms with van der Waals surface area (Å²) in [7, 11) is 0. The molecule has 1 aromatic heterocycles. The van der Waals surface area contributed by atoms with Crippen molar-refractivity contribution in [3.8, 4) is 0 Å². The molecular weight excluding hydrogens is 336 g/mol. The van der Waals surface area contributed by atoms with Gasteiger partial charge in [0.15, 0.2) is 5.76 Å². The number of carbonyl (C=O) groups excluding carboxylic acids is 2. The number of rotatable bonds is 3. The SMILES string of the molecule is O=C(O)c1ccc(C(=O)N2CCNC(=O)C2c2ccccc2Cl)o1. The number of hydrogen-bond acceptors (Lipinski definition) is 4. The monoisotopic (exact) mass is 348 g/mol. The highest BCUT2D eigenvalue weighted by atomic mass is 35.5. The molecule has 1 saturated heterocycles. The van der Waals surface area contributed by atoms with E-state index in [1.54, 1.807) is 24.3 Å². The van der Waals surface area contributed by atoms with Crippen LogP contribution in [0.5, 0.6) is 0 Å². The van der Waals surface area contributed by atoms with Crippen LogP contribution in [0.15, 0.2) is 40.8 Å². The normalized spacial score (nSPS) is 17.5. The van der Waals surface area contributed by atoms with Gasteiger partial charge in [-0.1, -0.05) is 29.8 Å². The molecule has 24 heavy (non-hydrogen) atoms. The molecule has 7 nitrogen and oxygen atoms in total. The number of hydrogen-bond donors (Lipinski definition) is 2. The van der Waals surface area contributed by atoms with Crippen LogP contribution in [0.1, 0.15) is 32.7 Å². The van der Waals surface area contributed by atoms with Gasteiger partial charge in [-0.05, 0) is 18.2 Å². The zero-order chi connectivity index (χ0) is 17.3. The third-order valence-electron chi connectivity index (χ3n) is 3.70. The number of carboxylic acids is 1. The molecule has 2 aromatic rings. The largest absolute Gasteiger partial charge is 0.475 e. The van der Waals surface area contributed by atoms with Crippen LogP contribution in [0, 0.1) is 0 Å². The van der Waals surface area contributed by atoms with Gasteiger partial charge in [0, 0.05) is 23.7 Å². The lowest BCUT2D eigenvalue weighted by atomic mass is 10.0. The fourth-order valence-corrected chi connectivity index (χ4v) is 2.84. The van der Waals surface area contributed by atoms with Crippen LogP contribution in [0.3, 0.4) is 0 Å². The number of piperazine rings is 1. The maximum Gasteiger partial charge on any atom is 0.371 e. The minimum atomic E-state index is -1.27. The van der Waals surface area contributed by atoms with E-state index < -0.39 is 17.9 Å². The molecule has 2 amide bonds. The van der Waals surface area contributed by atoms with Gasteiger partial charge < -0.3 is 19.7 Å². The second kappa shape index (κ2) is 6.37. The van der Waals surface area contributed by atoms with Crippen LogP contribution in [0.25, 0.3) is 0 Å². The first-order chi connectivity index (χ1) is 11.5. The Morgan fingerprint density at radius 1 is 1.21 bits per heavy atom. The lowest BCUT2D eigenvalue weighted by Crippen LogP contribution is -2.52. The lowest BCUT2D eigenvalue weighted by Gasteiger charge is -2.35. The molecule has 3 rings (SSSR count). The van der Waals surface area contributed by atoms with Crippen LogP contribution in [-0.4, -0.2) is 40.9 Å². The molecule has 1 aliphatic heterocycles. The molecule has 0 radical (unpaired) electrons. The van der Waals surface area contributed by atoms with Gasteiger partial charge in [-0.2, -0.15) is 0 Å². The maximum absolute atomic E-state index is 12.7. The Hall–Kier alpha value is -2.80. The van der Waals surface area contributed by atoms with Crippen molar-refractivity contribution in [1.29, 1.82) is 0 Å². The van der Waals surface area contributed by atoms with Gasteiger partial charge in [0.05, 0.1) is 0 Å². The Morgan fingerprint density at radius 3 is 2.58 bits per heavy atom. The third-order valence-corrected chi connectivity index (χ3v) is 4.04. The van der Waals surface area contributed by atoms with Gasteiger partial charge in [0.2, 0.25) is 11.7 Å². The lowest BCUT2D eigenvalue weighted by molar-refractivity contribution is -0.128. The van der Waals surface area contributed by atoms with E-state index in [1.807, 2.05) is 0 Å². The Bertz CT molecular complexity index is 816. The number of nitrogens with zero attached hydrogens (tertiary/aromatic N) is 1. The first-order valence-electron chi connectivity index (χ1n) is 7.15. The molecule has 1 fully saturated rings. The molecule has 0 spiro atoms. The first-order valence-corrected chi connectivity index (χ1v) is 7.53. The van der Waals surface area contributed by atoms with Crippen LogP contribution in [0.2, 0.25) is 5.02 Å². The molecule has 2 heterocycles. The molecular formula is C16H13ClN2O5. The third kappa shape index (κ3) is 2.85. The number of carboxylic acid groups (broad SMARTS) is 1. The van der Waals surface area contributed by atoms with Crippen molar-refractivity contribution < 1.29 is 23.9 Å². The fraction of sp³-hybridized carbons (Fsp3) is 0.188. The highest BCUT2D eigenvalue weighted by molar-refractivity contribution is 6.31. The van der Waals surface area contributed by atoms with Crippen molar-refractivity contribution in [1.82, 2.24) is 10.2 Å². The summed E-state index contributed by atoms with van der Waals surface area (Å²) in [5.41, 5.74) is 0.495. The van der Waals surface area contributed by atoms with Gasteiger partial charge in [0.25, 0.3) is 5.91 Å². The quantitative estimate of drug-likeness (QED) is 0.883. The molecule has 1 unspecified atom stereocenters. The second-order valence-electron chi connectivity index (χ2n) is 5.18. The molecule has 8 heteroatoms. The van der Waals surface area contributed by atoms with Gasteiger partial charge >= 0.3 is 5.97 Å². The van der Waals surface area contributed by atoms with Gasteiger partial charge in [0.1, 0.15) is 6.04 Å². The predicted octanol–water partition coefficient (Wildman–Crippen LogP) is 1.94. The Morgan fingerprint density at radius 2 is 1.92 bits per heavy atom. The maximum atomic E-state index is 12.7. The Kier molecular flexibility index (Phi) is 4.26. The molecule has 124 valence electrons. The first kappa shape index (κ1) is 16.1. The summed E-state index contributed by atoms with van der Waals surface area (Å²) in [6.45, 7) is 0.543. The van der Waals surface area contributed by atoms with Crippen molar-refractivity contribution >= 4 is 29.4 Å². The van der Waals surface area contributed by atoms with E-state index >= 15 is 0 Å². The molecule has 2 N–H and O–H groups in total. The number of amides is 2. The van der Waals surface area contributed by atoms with E-state index in [-0.39, 0.29) is 30.5 Å². The van der Waals surface area contributed by atoms with E-state index in [0.717, 1.165) is 0 Å². The summed E-state index contributed by atoms with van der Waals surface area (Å²) in [4.78, 5) is 37.2. The van der Waals surface area contributed by atoms with Crippen molar-refractivity contribution in [2.45, 2.75) is 6.04 Å². The van der Waals surface area contributed by atoms with Gasteiger partial charge in [-0.3, -0.25) is 9.59 Å². The molecule has 0 saturated carbocycles. The van der Waals surface area contributed by atoms with Gasteiger partial charge in [-0.25, -0.2) is 4.79 Å². The second-order valence-corrected chi connectivity index (χ2v) is 5.59. The summed E-state index contributed by atoms with van der Waals surface area (Å²) in [5.74, 6) is -2.67. The summed E-state index contributed by atoms with van der Waals surface area (Å²) in [6, 6.07) is 8.33. The smallest absolute Gasteiger partial charge is 0.371 e. The zero-order valence-corrected chi connectivity index (χ0v) is 13.1. The standard InChI is InChI=1S/C16H13ClN2O5/c17-10-4-2-1-3-9(10)13-14(20)18-7-8-19(13)15(21)11-5-6-12(24-11)16(22)23/h1-6,13H,7-8H2,(H,18,20)(H,22,23). The molecule has 1 aromatic carbocycles. The van der Waals surface area contributed by atoms with Crippen LogP contribution < -0.4 is 5.32 Å². The number of benzene rings is 1. The average Bonchev–Trinajstić information content (AvgIpc) is 3.05. The van der Waals surface area contributed by atoms with E-state index in [2.05, 4.69) is 5.32 Å². The number of furan rings is 1. The van der Waals surface area contributed by atoms with E-state index in [9.17, 15) is 14.4 Å². The van der Waals surface area contributed by atoms with Crippen molar-refractivity contribution in [3.05, 3.63) is 58.5 Å². The van der Waals surface area contributed by atoms with Crippen LogP contribution in [-0.2, 0) is 4.79 Å². The summed E-state index contributed by atoms with van der Waals surface area (Å²) in [6.07, 6.45) is 0. The number of carbonyl (C=O) groups is 3. The molecule has 0 bridgehead atoms. The number of aromatic carboxylic acids is 1. The van der Waals surface area contributed by atoms with Crippen molar-refractivity contribution in [2.24, 2.45) is 0 Å². The van der Waals surface area contributed by atoms with Crippen LogP contribution in [0.4, 0.5) is 0 Å². The number of halogens is 1. The highest BCUT2D eigenvalue weighted by Crippen LogP contribution is 2.30. The zero-order valence-electron chi connectivity index (χ0n) is 12.4. The predicted molar refractivity (Wildman–Crippen MR) is 83.9 cm³/mol. The summed E-state index contributed by atoms with van der Waals surface area (Å²) < 4.78 is 5.05. The highest BCUT2D eigenvalue weighted by Gasteiger charge is 2.37. The van der Waals surface area contributed by atoms with E-state index in [1.165, 1.54) is 17.0 Å². The van der Waals surface area contributed by atoms with Crippen LogP contribution >= 0.6 is 11.6 Å². The minimum absolute atomic E-state index is 0.140. The summed E-state index contributed by atoms with van der Waals surface area (Å²) >= 11 is 6.17. The topological polar surface area (TPSA) is 99.9 Å².